The minimum Gasteiger partial charge on any atom is -0.378 e. The number of nitrogens with one attached hydrogen (secondary N) is 2. The molecular weight excluding hydrogens is 276 g/mol. The molecule has 1 saturated heterocycles. The van der Waals surface area contributed by atoms with Gasteiger partial charge < -0.3 is 15.4 Å². The van der Waals surface area contributed by atoms with Gasteiger partial charge in [0.1, 0.15) is 0 Å². The second kappa shape index (κ2) is 10.2. The standard InChI is InChI=1S/C18H34N2O2/c1-2-22-17(16-5-3-4-6-16)11-14-20-18(21)8-7-15-9-12-19-13-10-15/h15-17,19H,2-14H2,1H3,(H,20,21). The summed E-state index contributed by atoms with van der Waals surface area (Å²) in [6.45, 7) is 5.85. The predicted molar refractivity (Wildman–Crippen MR) is 89.8 cm³/mol. The van der Waals surface area contributed by atoms with Gasteiger partial charge in [0.25, 0.3) is 0 Å². The zero-order chi connectivity index (χ0) is 15.6. The largest absolute Gasteiger partial charge is 0.378 e. The molecule has 0 aromatic rings. The van der Waals surface area contributed by atoms with Crippen LogP contribution < -0.4 is 10.6 Å². The van der Waals surface area contributed by atoms with Crippen molar-refractivity contribution in [2.75, 3.05) is 26.2 Å². The summed E-state index contributed by atoms with van der Waals surface area (Å²) in [4.78, 5) is 12.0. The van der Waals surface area contributed by atoms with Gasteiger partial charge in [-0.2, -0.15) is 0 Å². The highest BCUT2D eigenvalue weighted by Crippen LogP contribution is 2.30. The number of hydrogen-bond donors (Lipinski definition) is 2. The highest BCUT2D eigenvalue weighted by atomic mass is 16.5. The minimum absolute atomic E-state index is 0.222. The maximum Gasteiger partial charge on any atom is 0.220 e. The van der Waals surface area contributed by atoms with Crippen molar-refractivity contribution in [3.63, 3.8) is 0 Å². The zero-order valence-corrected chi connectivity index (χ0v) is 14.2. The van der Waals surface area contributed by atoms with Gasteiger partial charge in [0.2, 0.25) is 5.91 Å². The summed E-state index contributed by atoms with van der Waals surface area (Å²) in [6.07, 6.45) is 10.8. The molecule has 2 fully saturated rings. The van der Waals surface area contributed by atoms with E-state index in [9.17, 15) is 4.79 Å². The molecule has 1 heterocycles. The number of carbonyl (C=O) groups excluding carboxylic acids is 1. The summed E-state index contributed by atoms with van der Waals surface area (Å²) in [5.41, 5.74) is 0. The monoisotopic (exact) mass is 310 g/mol. The van der Waals surface area contributed by atoms with Crippen LogP contribution in [0, 0.1) is 11.8 Å². The van der Waals surface area contributed by atoms with Gasteiger partial charge in [-0.1, -0.05) is 12.8 Å². The molecule has 1 amide bonds. The molecule has 1 unspecified atom stereocenters. The first-order valence-corrected chi connectivity index (χ1v) is 9.38. The van der Waals surface area contributed by atoms with E-state index in [0.717, 1.165) is 45.0 Å². The van der Waals surface area contributed by atoms with Gasteiger partial charge in [0.15, 0.2) is 0 Å². The average molecular weight is 310 g/mol. The van der Waals surface area contributed by atoms with Crippen LogP contribution in [0.4, 0.5) is 0 Å². The highest BCUT2D eigenvalue weighted by molar-refractivity contribution is 5.75. The molecule has 2 N–H and O–H groups in total. The number of piperidine rings is 1. The highest BCUT2D eigenvalue weighted by Gasteiger charge is 2.25. The number of carbonyl (C=O) groups is 1. The molecule has 1 saturated carbocycles. The number of amides is 1. The van der Waals surface area contributed by atoms with Crippen LogP contribution in [0.1, 0.15) is 64.7 Å². The van der Waals surface area contributed by atoms with Gasteiger partial charge in [-0.3, -0.25) is 4.79 Å². The number of ether oxygens (including phenoxy) is 1. The fourth-order valence-electron chi connectivity index (χ4n) is 3.95. The molecule has 4 nitrogen and oxygen atoms in total. The first-order valence-electron chi connectivity index (χ1n) is 9.38. The second-order valence-electron chi connectivity index (χ2n) is 6.91. The first-order chi connectivity index (χ1) is 10.8. The Hall–Kier alpha value is -0.610. The van der Waals surface area contributed by atoms with E-state index in [1.807, 2.05) is 0 Å². The molecule has 0 radical (unpaired) electrons. The van der Waals surface area contributed by atoms with E-state index < -0.39 is 0 Å². The van der Waals surface area contributed by atoms with E-state index >= 15 is 0 Å². The van der Waals surface area contributed by atoms with E-state index in [0.29, 0.717) is 18.4 Å². The second-order valence-corrected chi connectivity index (χ2v) is 6.91. The minimum atomic E-state index is 0.222. The topological polar surface area (TPSA) is 50.4 Å². The zero-order valence-electron chi connectivity index (χ0n) is 14.2. The maximum absolute atomic E-state index is 12.0. The Balaban J connectivity index is 1.58. The smallest absolute Gasteiger partial charge is 0.220 e. The van der Waals surface area contributed by atoms with E-state index in [-0.39, 0.29) is 5.91 Å². The van der Waals surface area contributed by atoms with E-state index in [1.165, 1.54) is 38.5 Å². The van der Waals surface area contributed by atoms with Gasteiger partial charge >= 0.3 is 0 Å². The first kappa shape index (κ1) is 17.7. The molecule has 2 rings (SSSR count). The summed E-state index contributed by atoms with van der Waals surface area (Å²) >= 11 is 0. The molecule has 0 aromatic carbocycles. The molecule has 1 aliphatic carbocycles. The van der Waals surface area contributed by atoms with Crippen molar-refractivity contribution in [3.05, 3.63) is 0 Å². The van der Waals surface area contributed by atoms with Crippen molar-refractivity contribution in [2.24, 2.45) is 11.8 Å². The van der Waals surface area contributed by atoms with E-state index in [2.05, 4.69) is 17.6 Å². The van der Waals surface area contributed by atoms with Crippen molar-refractivity contribution in [3.8, 4) is 0 Å². The molecule has 0 spiro atoms. The van der Waals surface area contributed by atoms with Crippen molar-refractivity contribution >= 4 is 5.91 Å². The molecule has 4 heteroatoms. The molecule has 1 atom stereocenters. The van der Waals surface area contributed by atoms with Crippen LogP contribution in [0.15, 0.2) is 0 Å². The lowest BCUT2D eigenvalue weighted by Gasteiger charge is -2.24. The molecule has 1 aliphatic heterocycles. The van der Waals surface area contributed by atoms with Gasteiger partial charge in [-0.15, -0.1) is 0 Å². The van der Waals surface area contributed by atoms with Crippen LogP contribution in [-0.4, -0.2) is 38.3 Å². The summed E-state index contributed by atoms with van der Waals surface area (Å²) in [7, 11) is 0. The van der Waals surface area contributed by atoms with Crippen molar-refractivity contribution in [1.82, 2.24) is 10.6 Å². The summed E-state index contributed by atoms with van der Waals surface area (Å²) in [5.74, 6) is 1.67. The summed E-state index contributed by atoms with van der Waals surface area (Å²) in [6, 6.07) is 0. The lowest BCUT2D eigenvalue weighted by Crippen LogP contribution is -2.32. The lowest BCUT2D eigenvalue weighted by atomic mass is 9.93. The normalized spacial score (nSPS) is 21.9. The average Bonchev–Trinajstić information content (AvgIpc) is 3.07. The summed E-state index contributed by atoms with van der Waals surface area (Å²) in [5, 5.41) is 6.47. The van der Waals surface area contributed by atoms with E-state index in [1.54, 1.807) is 0 Å². The van der Waals surface area contributed by atoms with Crippen molar-refractivity contribution in [1.29, 1.82) is 0 Å². The summed E-state index contributed by atoms with van der Waals surface area (Å²) < 4.78 is 5.90. The lowest BCUT2D eigenvalue weighted by molar-refractivity contribution is -0.121. The van der Waals surface area contributed by atoms with Gasteiger partial charge in [0, 0.05) is 19.6 Å². The quantitative estimate of drug-likeness (QED) is 0.688. The number of hydrogen-bond acceptors (Lipinski definition) is 3. The molecule has 22 heavy (non-hydrogen) atoms. The Bertz CT molecular complexity index is 310. The fourth-order valence-corrected chi connectivity index (χ4v) is 3.95. The van der Waals surface area contributed by atoms with Crippen LogP contribution in [0.25, 0.3) is 0 Å². The Morgan fingerprint density at radius 2 is 1.95 bits per heavy atom. The maximum atomic E-state index is 12.0. The van der Waals surface area contributed by atoms with Gasteiger partial charge in [0.05, 0.1) is 6.10 Å². The Kier molecular flexibility index (Phi) is 8.24. The fraction of sp³-hybridized carbons (Fsp3) is 0.944. The third-order valence-electron chi connectivity index (χ3n) is 5.30. The molecule has 0 bridgehead atoms. The predicted octanol–water partition coefficient (Wildman–Crippen LogP) is 2.87. The third kappa shape index (κ3) is 6.25. The van der Waals surface area contributed by atoms with Crippen molar-refractivity contribution in [2.45, 2.75) is 70.8 Å². The third-order valence-corrected chi connectivity index (χ3v) is 5.30. The Labute approximate surface area is 135 Å². The van der Waals surface area contributed by atoms with Gasteiger partial charge in [-0.05, 0) is 70.4 Å². The van der Waals surface area contributed by atoms with E-state index in [4.69, 9.17) is 4.74 Å². The van der Waals surface area contributed by atoms with Crippen LogP contribution in [0.2, 0.25) is 0 Å². The molecule has 0 aromatic heterocycles. The molecule has 128 valence electrons. The van der Waals surface area contributed by atoms with Crippen LogP contribution in [0.3, 0.4) is 0 Å². The Morgan fingerprint density at radius 3 is 2.64 bits per heavy atom. The number of rotatable bonds is 9. The molecule has 2 aliphatic rings. The van der Waals surface area contributed by atoms with Crippen molar-refractivity contribution < 1.29 is 9.53 Å². The van der Waals surface area contributed by atoms with Crippen LogP contribution in [0.5, 0.6) is 0 Å². The van der Waals surface area contributed by atoms with Crippen LogP contribution in [-0.2, 0) is 9.53 Å². The van der Waals surface area contributed by atoms with Gasteiger partial charge in [-0.25, -0.2) is 0 Å². The molecular formula is C18H34N2O2. The SMILES string of the molecule is CCOC(CCNC(=O)CCC1CCNCC1)C1CCCC1. The Morgan fingerprint density at radius 1 is 1.23 bits per heavy atom. The van der Waals surface area contributed by atoms with Crippen LogP contribution >= 0.6 is 0 Å².